The Hall–Kier alpha value is -2.69. The number of benzene rings is 2. The highest BCUT2D eigenvalue weighted by molar-refractivity contribution is 5.79. The molecule has 2 aromatic carbocycles. The number of nitrogens with one attached hydrogen (secondary N) is 1. The van der Waals surface area contributed by atoms with E-state index in [9.17, 15) is 4.79 Å². The largest absolute Gasteiger partial charge is 0.486 e. The van der Waals surface area contributed by atoms with E-state index >= 15 is 0 Å². The van der Waals surface area contributed by atoms with Crippen molar-refractivity contribution >= 4 is 11.6 Å². The van der Waals surface area contributed by atoms with Crippen molar-refractivity contribution in [3.8, 4) is 11.5 Å². The molecule has 3 N–H and O–H groups in total. The van der Waals surface area contributed by atoms with Crippen LogP contribution in [0.1, 0.15) is 24.1 Å². The molecule has 0 bridgehead atoms. The third-order valence-electron chi connectivity index (χ3n) is 3.79. The number of anilines is 1. The molecule has 1 aliphatic heterocycles. The molecule has 120 valence electrons. The maximum Gasteiger partial charge on any atom is 0.224 e. The van der Waals surface area contributed by atoms with E-state index in [1.54, 1.807) is 12.1 Å². The van der Waals surface area contributed by atoms with Crippen molar-refractivity contribution in [2.75, 3.05) is 18.9 Å². The average molecular weight is 312 g/mol. The van der Waals surface area contributed by atoms with E-state index in [4.69, 9.17) is 15.2 Å². The Morgan fingerprint density at radius 1 is 1.13 bits per heavy atom. The Labute approximate surface area is 135 Å². The van der Waals surface area contributed by atoms with Crippen LogP contribution in [-0.4, -0.2) is 19.1 Å². The Balaban J connectivity index is 1.63. The van der Waals surface area contributed by atoms with E-state index < -0.39 is 0 Å². The zero-order valence-corrected chi connectivity index (χ0v) is 13.0. The predicted molar refractivity (Wildman–Crippen MR) is 88.5 cm³/mol. The van der Waals surface area contributed by atoms with E-state index in [-0.39, 0.29) is 11.9 Å². The molecule has 1 aliphatic rings. The van der Waals surface area contributed by atoms with Gasteiger partial charge in [-0.1, -0.05) is 18.2 Å². The molecule has 0 fully saturated rings. The van der Waals surface area contributed by atoms with E-state index in [1.807, 2.05) is 37.3 Å². The van der Waals surface area contributed by atoms with E-state index in [0.29, 0.717) is 25.3 Å². The van der Waals surface area contributed by atoms with Gasteiger partial charge in [0.2, 0.25) is 5.91 Å². The second-order valence-electron chi connectivity index (χ2n) is 5.61. The van der Waals surface area contributed by atoms with Gasteiger partial charge in [0.05, 0.1) is 12.5 Å². The first kappa shape index (κ1) is 15.2. The third kappa shape index (κ3) is 3.74. The molecule has 1 amide bonds. The van der Waals surface area contributed by atoms with Crippen LogP contribution in [0.4, 0.5) is 5.69 Å². The van der Waals surface area contributed by atoms with Crippen LogP contribution in [0.5, 0.6) is 11.5 Å². The van der Waals surface area contributed by atoms with Crippen LogP contribution in [0.15, 0.2) is 42.5 Å². The molecular formula is C18H20N2O3. The quantitative estimate of drug-likeness (QED) is 0.851. The minimum atomic E-state index is -0.105. The first-order valence-corrected chi connectivity index (χ1v) is 7.65. The molecule has 2 aromatic rings. The molecule has 5 nitrogen and oxygen atoms in total. The number of nitrogen functional groups attached to an aromatic ring is 1. The van der Waals surface area contributed by atoms with Gasteiger partial charge in [-0.25, -0.2) is 0 Å². The van der Waals surface area contributed by atoms with Crippen LogP contribution in [-0.2, 0) is 11.2 Å². The molecule has 3 rings (SSSR count). The standard InChI is InChI=1S/C18H20N2O3/c1-12(14-4-7-16-17(11-14)23-9-8-22-16)20-18(21)10-13-2-5-15(19)6-3-13/h2-7,11-12H,8-10,19H2,1H3,(H,20,21). The normalized spacial score (nSPS) is 14.1. The summed E-state index contributed by atoms with van der Waals surface area (Å²) in [4.78, 5) is 12.2. The molecule has 1 heterocycles. The maximum absolute atomic E-state index is 12.2. The Bertz CT molecular complexity index is 698. The topological polar surface area (TPSA) is 73.6 Å². The fraction of sp³-hybridized carbons (Fsp3) is 0.278. The summed E-state index contributed by atoms with van der Waals surface area (Å²) in [6.07, 6.45) is 0.329. The number of fused-ring (bicyclic) bond motifs is 1. The van der Waals surface area contributed by atoms with E-state index in [2.05, 4.69) is 5.32 Å². The summed E-state index contributed by atoms with van der Waals surface area (Å²) in [6.45, 7) is 3.07. The highest BCUT2D eigenvalue weighted by Gasteiger charge is 2.15. The lowest BCUT2D eigenvalue weighted by atomic mass is 10.1. The van der Waals surface area contributed by atoms with Crippen LogP contribution < -0.4 is 20.5 Å². The van der Waals surface area contributed by atoms with Crippen molar-refractivity contribution in [1.29, 1.82) is 0 Å². The van der Waals surface area contributed by atoms with Crippen molar-refractivity contribution < 1.29 is 14.3 Å². The second-order valence-corrected chi connectivity index (χ2v) is 5.61. The molecule has 0 aromatic heterocycles. The Kier molecular flexibility index (Phi) is 4.37. The summed E-state index contributed by atoms with van der Waals surface area (Å²) >= 11 is 0. The summed E-state index contributed by atoms with van der Waals surface area (Å²) in [5, 5.41) is 3.00. The lowest BCUT2D eigenvalue weighted by Crippen LogP contribution is -2.28. The van der Waals surface area contributed by atoms with Gasteiger partial charge in [-0.15, -0.1) is 0 Å². The van der Waals surface area contributed by atoms with Crippen molar-refractivity contribution in [3.05, 3.63) is 53.6 Å². The molecule has 0 saturated carbocycles. The molecular weight excluding hydrogens is 292 g/mol. The minimum absolute atomic E-state index is 0.0304. The molecule has 0 aliphatic carbocycles. The van der Waals surface area contributed by atoms with Crippen molar-refractivity contribution in [3.63, 3.8) is 0 Å². The van der Waals surface area contributed by atoms with Crippen molar-refractivity contribution in [2.24, 2.45) is 0 Å². The van der Waals surface area contributed by atoms with Gasteiger partial charge in [0.15, 0.2) is 11.5 Å². The van der Waals surface area contributed by atoms with Gasteiger partial charge in [-0.2, -0.15) is 0 Å². The fourth-order valence-corrected chi connectivity index (χ4v) is 2.53. The van der Waals surface area contributed by atoms with E-state index in [1.165, 1.54) is 0 Å². The van der Waals surface area contributed by atoms with Gasteiger partial charge in [-0.3, -0.25) is 4.79 Å². The minimum Gasteiger partial charge on any atom is -0.486 e. The number of ether oxygens (including phenoxy) is 2. The second kappa shape index (κ2) is 6.60. The summed E-state index contributed by atoms with van der Waals surface area (Å²) < 4.78 is 11.1. The van der Waals surface area contributed by atoms with Gasteiger partial charge in [0, 0.05) is 5.69 Å². The number of hydrogen-bond acceptors (Lipinski definition) is 4. The lowest BCUT2D eigenvalue weighted by molar-refractivity contribution is -0.121. The number of carbonyl (C=O) groups excluding carboxylic acids is 1. The van der Waals surface area contributed by atoms with Crippen molar-refractivity contribution in [1.82, 2.24) is 5.32 Å². The van der Waals surface area contributed by atoms with Crippen LogP contribution >= 0.6 is 0 Å². The summed E-state index contributed by atoms with van der Waals surface area (Å²) in [7, 11) is 0. The number of nitrogens with two attached hydrogens (primary N) is 1. The predicted octanol–water partition coefficient (Wildman–Crippen LogP) is 2.46. The van der Waals surface area contributed by atoms with E-state index in [0.717, 1.165) is 22.6 Å². The summed E-state index contributed by atoms with van der Waals surface area (Å²) in [5.41, 5.74) is 8.26. The number of carbonyl (C=O) groups is 1. The molecule has 1 atom stereocenters. The molecule has 1 unspecified atom stereocenters. The van der Waals surface area contributed by atoms with Gasteiger partial charge in [0.1, 0.15) is 13.2 Å². The van der Waals surface area contributed by atoms with Crippen molar-refractivity contribution in [2.45, 2.75) is 19.4 Å². The molecule has 5 heteroatoms. The zero-order chi connectivity index (χ0) is 16.2. The SMILES string of the molecule is CC(NC(=O)Cc1ccc(N)cc1)c1ccc2c(c1)OCCO2. The lowest BCUT2D eigenvalue weighted by Gasteiger charge is -2.21. The van der Waals surface area contributed by atoms with Gasteiger partial charge in [0.25, 0.3) is 0 Å². The van der Waals surface area contributed by atoms with Crippen LogP contribution in [0.25, 0.3) is 0 Å². The Morgan fingerprint density at radius 2 is 1.83 bits per heavy atom. The summed E-state index contributed by atoms with van der Waals surface area (Å²) in [6, 6.07) is 13.0. The first-order valence-electron chi connectivity index (χ1n) is 7.65. The third-order valence-corrected chi connectivity index (χ3v) is 3.79. The number of amides is 1. The van der Waals surface area contributed by atoms with Gasteiger partial charge in [-0.05, 0) is 42.3 Å². The number of hydrogen-bond donors (Lipinski definition) is 2. The van der Waals surface area contributed by atoms with Crippen LogP contribution in [0, 0.1) is 0 Å². The van der Waals surface area contributed by atoms with Gasteiger partial charge < -0.3 is 20.5 Å². The highest BCUT2D eigenvalue weighted by Crippen LogP contribution is 2.32. The number of rotatable bonds is 4. The highest BCUT2D eigenvalue weighted by atomic mass is 16.6. The fourth-order valence-electron chi connectivity index (χ4n) is 2.53. The zero-order valence-electron chi connectivity index (χ0n) is 13.0. The van der Waals surface area contributed by atoms with Gasteiger partial charge >= 0.3 is 0 Å². The first-order chi connectivity index (χ1) is 11.1. The van der Waals surface area contributed by atoms with Crippen LogP contribution in [0.3, 0.4) is 0 Å². The molecule has 0 saturated heterocycles. The summed E-state index contributed by atoms with van der Waals surface area (Å²) in [5.74, 6) is 1.45. The monoisotopic (exact) mass is 312 g/mol. The molecule has 0 radical (unpaired) electrons. The molecule has 23 heavy (non-hydrogen) atoms. The van der Waals surface area contributed by atoms with Crippen LogP contribution in [0.2, 0.25) is 0 Å². The average Bonchev–Trinajstić information content (AvgIpc) is 2.56. The Morgan fingerprint density at radius 3 is 2.57 bits per heavy atom. The molecule has 0 spiro atoms. The smallest absolute Gasteiger partial charge is 0.224 e. The maximum atomic E-state index is 12.2.